The first kappa shape index (κ1) is 26.1. The molecule has 2 atom stereocenters. The summed E-state index contributed by atoms with van der Waals surface area (Å²) in [5.41, 5.74) is 7.93. The zero-order valence-electron chi connectivity index (χ0n) is 22.8. The minimum atomic E-state index is -0.391. The number of nitrogens with one attached hydrogen (secondary N) is 1. The molecule has 4 aromatic rings. The Labute approximate surface area is 230 Å². The number of hydrogen-bond acceptors (Lipinski definition) is 5. The highest BCUT2D eigenvalue weighted by Crippen LogP contribution is 2.48. The van der Waals surface area contributed by atoms with Crippen LogP contribution in [-0.2, 0) is 9.53 Å². The number of benzene rings is 4. The maximum atomic E-state index is 13.6. The summed E-state index contributed by atoms with van der Waals surface area (Å²) in [5.74, 6) is 0.435. The van der Waals surface area contributed by atoms with Gasteiger partial charge in [-0.15, -0.1) is 0 Å². The van der Waals surface area contributed by atoms with Crippen molar-refractivity contribution in [3.05, 3.63) is 137 Å². The largest absolute Gasteiger partial charge is 0.497 e. The van der Waals surface area contributed by atoms with Gasteiger partial charge < -0.3 is 19.7 Å². The van der Waals surface area contributed by atoms with E-state index in [0.717, 1.165) is 33.9 Å². The summed E-state index contributed by atoms with van der Waals surface area (Å²) in [7, 11) is 3.12. The number of para-hydroxylation sites is 1. The molecule has 1 aliphatic rings. The van der Waals surface area contributed by atoms with Gasteiger partial charge in [-0.3, -0.25) is 0 Å². The van der Waals surface area contributed by atoms with E-state index in [1.165, 1.54) is 18.2 Å². The molecule has 0 radical (unpaired) electrons. The zero-order valence-corrected chi connectivity index (χ0v) is 22.8. The minimum Gasteiger partial charge on any atom is -0.497 e. The molecule has 5 heteroatoms. The molecule has 0 unspecified atom stereocenters. The van der Waals surface area contributed by atoms with Gasteiger partial charge in [-0.05, 0) is 61.4 Å². The highest BCUT2D eigenvalue weighted by Gasteiger charge is 2.41. The lowest BCUT2D eigenvalue weighted by atomic mass is 9.83. The van der Waals surface area contributed by atoms with Gasteiger partial charge in [0.1, 0.15) is 5.75 Å². The molecule has 0 aromatic heterocycles. The highest BCUT2D eigenvalue weighted by molar-refractivity contribution is 5.93. The van der Waals surface area contributed by atoms with Gasteiger partial charge in [-0.1, -0.05) is 77.9 Å². The monoisotopic (exact) mass is 518 g/mol. The van der Waals surface area contributed by atoms with Crippen LogP contribution in [0.4, 0.5) is 11.4 Å². The van der Waals surface area contributed by atoms with Gasteiger partial charge in [0.05, 0.1) is 31.9 Å². The van der Waals surface area contributed by atoms with E-state index < -0.39 is 6.04 Å². The maximum absolute atomic E-state index is 13.6. The Balaban J connectivity index is 1.77. The summed E-state index contributed by atoms with van der Waals surface area (Å²) in [6.07, 6.45) is 0.594. The second kappa shape index (κ2) is 11.5. The number of aryl methyl sites for hydroxylation is 2. The molecule has 1 N–H and O–H groups in total. The van der Waals surface area contributed by atoms with Crippen LogP contribution in [0.5, 0.6) is 5.75 Å². The first-order valence-corrected chi connectivity index (χ1v) is 13.2. The molecule has 0 aliphatic carbocycles. The van der Waals surface area contributed by atoms with Crippen molar-refractivity contribution in [1.29, 1.82) is 0 Å². The van der Waals surface area contributed by atoms with Crippen LogP contribution in [0.3, 0.4) is 0 Å². The third-order valence-electron chi connectivity index (χ3n) is 7.31. The second-order valence-electron chi connectivity index (χ2n) is 9.92. The second-order valence-corrected chi connectivity index (χ2v) is 9.92. The van der Waals surface area contributed by atoms with Gasteiger partial charge in [-0.25, -0.2) is 4.79 Å². The summed E-state index contributed by atoms with van der Waals surface area (Å²) in [6.45, 7) is 4.17. The van der Waals surface area contributed by atoms with E-state index in [0.29, 0.717) is 12.0 Å². The number of methoxy groups -OCH3 is 2. The van der Waals surface area contributed by atoms with E-state index in [-0.39, 0.29) is 12.0 Å². The number of esters is 1. The lowest BCUT2D eigenvalue weighted by Gasteiger charge is -2.46. The molecule has 5 nitrogen and oxygen atoms in total. The van der Waals surface area contributed by atoms with Crippen LogP contribution >= 0.6 is 0 Å². The normalized spacial score (nSPS) is 17.1. The Morgan fingerprint density at radius 2 is 1.36 bits per heavy atom. The number of rotatable bonds is 7. The molecule has 4 aromatic carbocycles. The summed E-state index contributed by atoms with van der Waals surface area (Å²) < 4.78 is 10.9. The van der Waals surface area contributed by atoms with Crippen molar-refractivity contribution < 1.29 is 14.3 Å². The Kier molecular flexibility index (Phi) is 7.69. The van der Waals surface area contributed by atoms with Crippen LogP contribution in [0, 0.1) is 13.8 Å². The molecule has 0 saturated carbocycles. The van der Waals surface area contributed by atoms with E-state index in [2.05, 4.69) is 84.7 Å². The zero-order chi connectivity index (χ0) is 27.4. The number of carbonyl (C=O) groups excluding carboxylic acids is 1. The third-order valence-corrected chi connectivity index (χ3v) is 7.31. The van der Waals surface area contributed by atoms with Crippen molar-refractivity contribution in [3.63, 3.8) is 0 Å². The molecule has 0 spiro atoms. The lowest BCUT2D eigenvalue weighted by molar-refractivity contribution is -0.136. The van der Waals surface area contributed by atoms with E-state index in [4.69, 9.17) is 9.47 Å². The smallest absolute Gasteiger partial charge is 0.337 e. The fourth-order valence-corrected chi connectivity index (χ4v) is 5.27. The van der Waals surface area contributed by atoms with Gasteiger partial charge in [0.2, 0.25) is 0 Å². The fraction of sp³-hybridized carbons (Fsp3) is 0.206. The lowest BCUT2D eigenvalue weighted by Crippen LogP contribution is -2.41. The quantitative estimate of drug-likeness (QED) is 0.256. The van der Waals surface area contributed by atoms with Crippen molar-refractivity contribution in [2.45, 2.75) is 32.4 Å². The topological polar surface area (TPSA) is 50.8 Å². The van der Waals surface area contributed by atoms with Crippen molar-refractivity contribution in [1.82, 2.24) is 0 Å². The van der Waals surface area contributed by atoms with Gasteiger partial charge in [0.15, 0.2) is 0 Å². The predicted molar refractivity (Wildman–Crippen MR) is 157 cm³/mol. The number of nitrogens with zero attached hydrogens (tertiary/aromatic N) is 1. The average molecular weight is 519 g/mol. The van der Waals surface area contributed by atoms with Crippen LogP contribution in [0.25, 0.3) is 0 Å². The van der Waals surface area contributed by atoms with Crippen LogP contribution in [0.15, 0.2) is 114 Å². The standard InChI is InChI=1S/C34H34N2O3/c1-23-10-14-25(15-11-23)31-22-30(35-27-8-6-5-7-9-27)32(34(37)39-4)33(26-16-12-24(2)13-17-26)36(31)28-18-20-29(38-3)21-19-28/h5-21,31,33,35H,22H2,1-4H3/t31-,33+/m0/s1. The Morgan fingerprint density at radius 1 is 0.769 bits per heavy atom. The highest BCUT2D eigenvalue weighted by atomic mass is 16.5. The van der Waals surface area contributed by atoms with E-state index in [1.54, 1.807) is 7.11 Å². The molecule has 1 heterocycles. The van der Waals surface area contributed by atoms with Gasteiger partial charge in [0.25, 0.3) is 0 Å². The molecule has 0 saturated heterocycles. The molecule has 198 valence electrons. The summed E-state index contributed by atoms with van der Waals surface area (Å²) in [5, 5.41) is 3.59. The van der Waals surface area contributed by atoms with Crippen molar-refractivity contribution in [2.75, 3.05) is 24.4 Å². The van der Waals surface area contributed by atoms with Gasteiger partial charge in [-0.2, -0.15) is 0 Å². The molecular formula is C34H34N2O3. The van der Waals surface area contributed by atoms with Crippen molar-refractivity contribution >= 4 is 17.3 Å². The Bertz CT molecular complexity index is 1440. The molecule has 0 fully saturated rings. The van der Waals surface area contributed by atoms with Crippen LogP contribution in [0.1, 0.15) is 40.8 Å². The summed E-state index contributed by atoms with van der Waals surface area (Å²) in [6, 6.07) is 34.7. The minimum absolute atomic E-state index is 0.0510. The molecular weight excluding hydrogens is 484 g/mol. The van der Waals surface area contributed by atoms with Crippen LogP contribution in [-0.4, -0.2) is 20.2 Å². The first-order valence-electron chi connectivity index (χ1n) is 13.2. The van der Waals surface area contributed by atoms with Crippen LogP contribution < -0.4 is 15.0 Å². The number of anilines is 2. The molecule has 39 heavy (non-hydrogen) atoms. The fourth-order valence-electron chi connectivity index (χ4n) is 5.27. The predicted octanol–water partition coefficient (Wildman–Crippen LogP) is 7.54. The average Bonchev–Trinajstić information content (AvgIpc) is 2.97. The number of ether oxygens (including phenoxy) is 2. The SMILES string of the molecule is COC(=O)C1=C(Nc2ccccc2)C[C@@H](c2ccc(C)cc2)N(c2ccc(OC)cc2)[C@@H]1c1ccc(C)cc1. The van der Waals surface area contributed by atoms with Gasteiger partial charge >= 0.3 is 5.97 Å². The first-order chi connectivity index (χ1) is 19.0. The Hall–Kier alpha value is -4.51. The summed E-state index contributed by atoms with van der Waals surface area (Å²) in [4.78, 5) is 16.0. The maximum Gasteiger partial charge on any atom is 0.337 e. The molecule has 1 aliphatic heterocycles. The van der Waals surface area contributed by atoms with Crippen molar-refractivity contribution in [3.8, 4) is 5.75 Å². The molecule has 0 bridgehead atoms. The van der Waals surface area contributed by atoms with E-state index in [9.17, 15) is 4.79 Å². The Morgan fingerprint density at radius 3 is 1.92 bits per heavy atom. The van der Waals surface area contributed by atoms with Crippen molar-refractivity contribution in [2.24, 2.45) is 0 Å². The number of carbonyl (C=O) groups is 1. The summed E-state index contributed by atoms with van der Waals surface area (Å²) >= 11 is 0. The number of hydrogen-bond donors (Lipinski definition) is 1. The van der Waals surface area contributed by atoms with Crippen LogP contribution in [0.2, 0.25) is 0 Å². The third kappa shape index (κ3) is 5.53. The molecule has 5 rings (SSSR count). The molecule has 0 amide bonds. The van der Waals surface area contributed by atoms with E-state index >= 15 is 0 Å². The van der Waals surface area contributed by atoms with E-state index in [1.807, 2.05) is 42.5 Å². The van der Waals surface area contributed by atoms with Gasteiger partial charge in [0, 0.05) is 23.5 Å².